The minimum atomic E-state index is 0.682. The molecule has 3 heteroatoms. The Bertz CT molecular complexity index is 428. The molecule has 3 nitrogen and oxygen atoms in total. The van der Waals surface area contributed by atoms with Crippen LogP contribution >= 0.6 is 0 Å². The highest BCUT2D eigenvalue weighted by Gasteiger charge is 2.13. The Morgan fingerprint density at radius 1 is 1.39 bits per heavy atom. The highest BCUT2D eigenvalue weighted by Crippen LogP contribution is 2.26. The van der Waals surface area contributed by atoms with Crippen molar-refractivity contribution in [3.05, 3.63) is 23.4 Å². The average molecular weight is 243 g/mol. The van der Waals surface area contributed by atoms with Crippen molar-refractivity contribution in [2.45, 2.75) is 45.4 Å². The number of pyridine rings is 1. The molecule has 0 saturated heterocycles. The van der Waals surface area contributed by atoms with Crippen molar-refractivity contribution in [1.29, 1.82) is 5.26 Å². The van der Waals surface area contributed by atoms with Gasteiger partial charge in [-0.05, 0) is 30.9 Å². The van der Waals surface area contributed by atoms with E-state index in [9.17, 15) is 0 Å². The van der Waals surface area contributed by atoms with Crippen LogP contribution in [0.25, 0.3) is 0 Å². The third kappa shape index (κ3) is 3.22. The van der Waals surface area contributed by atoms with Crippen LogP contribution in [-0.4, -0.2) is 11.5 Å². The van der Waals surface area contributed by atoms with Crippen LogP contribution < -0.4 is 5.32 Å². The monoisotopic (exact) mass is 243 g/mol. The van der Waals surface area contributed by atoms with Crippen LogP contribution in [0.1, 0.15) is 49.7 Å². The van der Waals surface area contributed by atoms with Crippen LogP contribution in [-0.2, 0) is 0 Å². The van der Waals surface area contributed by atoms with E-state index in [0.717, 1.165) is 23.8 Å². The van der Waals surface area contributed by atoms with Crippen molar-refractivity contribution in [3.63, 3.8) is 0 Å². The standard InChI is InChI=1S/C15H21N3/c1-12-7-9-17-15(14(12)11-16)18-10-8-13-5-3-2-4-6-13/h7,9,13H,2-6,8,10H2,1H3,(H,17,18). The number of hydrogen-bond acceptors (Lipinski definition) is 3. The molecule has 1 aliphatic carbocycles. The summed E-state index contributed by atoms with van der Waals surface area (Å²) in [4.78, 5) is 4.26. The molecule has 1 aliphatic rings. The number of anilines is 1. The van der Waals surface area contributed by atoms with E-state index in [1.165, 1.54) is 38.5 Å². The fraction of sp³-hybridized carbons (Fsp3) is 0.600. The van der Waals surface area contributed by atoms with Gasteiger partial charge >= 0.3 is 0 Å². The number of nitrogens with zero attached hydrogens (tertiary/aromatic N) is 2. The molecule has 0 aromatic carbocycles. The lowest BCUT2D eigenvalue weighted by atomic mass is 9.87. The highest BCUT2D eigenvalue weighted by molar-refractivity contribution is 5.55. The van der Waals surface area contributed by atoms with Gasteiger partial charge in [0.25, 0.3) is 0 Å². The van der Waals surface area contributed by atoms with Crippen molar-refractivity contribution in [1.82, 2.24) is 4.98 Å². The lowest BCUT2D eigenvalue weighted by Crippen LogP contribution is -2.13. The molecular weight excluding hydrogens is 222 g/mol. The predicted molar refractivity (Wildman–Crippen MR) is 73.4 cm³/mol. The van der Waals surface area contributed by atoms with Crippen molar-refractivity contribution in [3.8, 4) is 6.07 Å². The minimum absolute atomic E-state index is 0.682. The lowest BCUT2D eigenvalue weighted by molar-refractivity contribution is 0.345. The average Bonchev–Trinajstić information content (AvgIpc) is 2.40. The second-order valence-corrected chi connectivity index (χ2v) is 5.18. The number of aryl methyl sites for hydroxylation is 1. The van der Waals surface area contributed by atoms with E-state index in [2.05, 4.69) is 16.4 Å². The first kappa shape index (κ1) is 12.9. The number of aromatic nitrogens is 1. The molecule has 0 aliphatic heterocycles. The second kappa shape index (κ2) is 6.39. The second-order valence-electron chi connectivity index (χ2n) is 5.18. The highest BCUT2D eigenvalue weighted by atomic mass is 15.0. The summed E-state index contributed by atoms with van der Waals surface area (Å²) in [5, 5.41) is 12.4. The largest absolute Gasteiger partial charge is 0.369 e. The first-order valence-electron chi connectivity index (χ1n) is 6.91. The van der Waals surface area contributed by atoms with Gasteiger partial charge in [0.05, 0.1) is 5.56 Å². The zero-order chi connectivity index (χ0) is 12.8. The normalized spacial score (nSPS) is 16.2. The smallest absolute Gasteiger partial charge is 0.144 e. The Kier molecular flexibility index (Phi) is 4.58. The van der Waals surface area contributed by atoms with E-state index >= 15 is 0 Å². The first-order valence-corrected chi connectivity index (χ1v) is 6.91. The van der Waals surface area contributed by atoms with E-state index in [4.69, 9.17) is 5.26 Å². The summed E-state index contributed by atoms with van der Waals surface area (Å²) in [6.45, 7) is 2.88. The van der Waals surface area contributed by atoms with Crippen molar-refractivity contribution in [2.24, 2.45) is 5.92 Å². The Hall–Kier alpha value is -1.56. The molecule has 0 amide bonds. The van der Waals surface area contributed by atoms with Gasteiger partial charge in [0.1, 0.15) is 11.9 Å². The quantitative estimate of drug-likeness (QED) is 0.878. The molecule has 0 bridgehead atoms. The maximum Gasteiger partial charge on any atom is 0.144 e. The Balaban J connectivity index is 1.86. The fourth-order valence-electron chi connectivity index (χ4n) is 2.70. The third-order valence-corrected chi connectivity index (χ3v) is 3.84. The SMILES string of the molecule is Cc1ccnc(NCCC2CCCCC2)c1C#N. The van der Waals surface area contributed by atoms with Gasteiger partial charge < -0.3 is 5.32 Å². The van der Waals surface area contributed by atoms with Gasteiger partial charge in [-0.15, -0.1) is 0 Å². The van der Waals surface area contributed by atoms with Gasteiger partial charge in [0.2, 0.25) is 0 Å². The van der Waals surface area contributed by atoms with Crippen LogP contribution in [0.2, 0.25) is 0 Å². The van der Waals surface area contributed by atoms with E-state index in [0.29, 0.717) is 5.56 Å². The van der Waals surface area contributed by atoms with Gasteiger partial charge in [-0.25, -0.2) is 4.98 Å². The summed E-state index contributed by atoms with van der Waals surface area (Å²) >= 11 is 0. The van der Waals surface area contributed by atoms with Gasteiger partial charge in [0, 0.05) is 12.7 Å². The molecule has 1 aromatic heterocycles. The molecule has 1 aromatic rings. The van der Waals surface area contributed by atoms with Gasteiger partial charge in [0.15, 0.2) is 0 Å². The van der Waals surface area contributed by atoms with Gasteiger partial charge in [-0.1, -0.05) is 32.1 Å². The van der Waals surface area contributed by atoms with E-state index < -0.39 is 0 Å². The maximum absolute atomic E-state index is 9.12. The van der Waals surface area contributed by atoms with Crippen molar-refractivity contribution >= 4 is 5.82 Å². The molecule has 96 valence electrons. The molecule has 0 radical (unpaired) electrons. The fourth-order valence-corrected chi connectivity index (χ4v) is 2.70. The molecular formula is C15H21N3. The molecule has 0 atom stereocenters. The Labute approximate surface area is 109 Å². The third-order valence-electron chi connectivity index (χ3n) is 3.84. The molecule has 0 unspecified atom stereocenters. The van der Waals surface area contributed by atoms with Crippen molar-refractivity contribution in [2.75, 3.05) is 11.9 Å². The van der Waals surface area contributed by atoms with Crippen LogP contribution in [0.4, 0.5) is 5.82 Å². The molecule has 1 fully saturated rings. The van der Waals surface area contributed by atoms with Crippen LogP contribution in [0.3, 0.4) is 0 Å². The topological polar surface area (TPSA) is 48.7 Å². The molecule has 1 heterocycles. The number of nitrogens with one attached hydrogen (secondary N) is 1. The zero-order valence-electron chi connectivity index (χ0n) is 11.1. The summed E-state index contributed by atoms with van der Waals surface area (Å²) in [5.74, 6) is 1.61. The Morgan fingerprint density at radius 2 is 2.17 bits per heavy atom. The predicted octanol–water partition coefficient (Wildman–Crippen LogP) is 3.64. The first-order chi connectivity index (χ1) is 8.81. The summed E-state index contributed by atoms with van der Waals surface area (Å²) in [7, 11) is 0. The van der Waals surface area contributed by atoms with Gasteiger partial charge in [-0.2, -0.15) is 5.26 Å². The number of rotatable bonds is 4. The van der Waals surface area contributed by atoms with Crippen LogP contribution in [0.5, 0.6) is 0 Å². The van der Waals surface area contributed by atoms with E-state index in [1.54, 1.807) is 6.20 Å². The lowest BCUT2D eigenvalue weighted by Gasteiger charge is -2.21. The van der Waals surface area contributed by atoms with Gasteiger partial charge in [-0.3, -0.25) is 0 Å². The molecule has 2 rings (SSSR count). The van der Waals surface area contributed by atoms with E-state index in [1.807, 2.05) is 13.0 Å². The summed E-state index contributed by atoms with van der Waals surface area (Å²) in [5.41, 5.74) is 1.67. The Morgan fingerprint density at radius 3 is 2.89 bits per heavy atom. The maximum atomic E-state index is 9.12. The summed E-state index contributed by atoms with van der Waals surface area (Å²) < 4.78 is 0. The number of nitriles is 1. The van der Waals surface area contributed by atoms with Crippen molar-refractivity contribution < 1.29 is 0 Å². The number of hydrogen-bond donors (Lipinski definition) is 1. The van der Waals surface area contributed by atoms with Crippen LogP contribution in [0, 0.1) is 24.2 Å². The zero-order valence-corrected chi connectivity index (χ0v) is 11.1. The summed E-state index contributed by atoms with van der Waals surface area (Å²) in [6.07, 6.45) is 9.87. The molecule has 1 saturated carbocycles. The summed E-state index contributed by atoms with van der Waals surface area (Å²) in [6, 6.07) is 4.11. The van der Waals surface area contributed by atoms with E-state index in [-0.39, 0.29) is 0 Å². The van der Waals surface area contributed by atoms with Crippen LogP contribution in [0.15, 0.2) is 12.3 Å². The molecule has 18 heavy (non-hydrogen) atoms. The molecule has 1 N–H and O–H groups in total. The minimum Gasteiger partial charge on any atom is -0.369 e. The molecule has 0 spiro atoms.